The first-order valence-electron chi connectivity index (χ1n) is 9.19. The van der Waals surface area contributed by atoms with Crippen LogP contribution in [0.15, 0.2) is 34.2 Å². The highest BCUT2D eigenvalue weighted by molar-refractivity contribution is 7.99. The molecule has 6 nitrogen and oxygen atoms in total. The number of amides is 1. The van der Waals surface area contributed by atoms with Gasteiger partial charge in [-0.25, -0.2) is 4.98 Å². The van der Waals surface area contributed by atoms with Crippen molar-refractivity contribution in [3.05, 3.63) is 34.6 Å². The molecule has 1 aliphatic heterocycles. The van der Waals surface area contributed by atoms with Crippen molar-refractivity contribution in [2.24, 2.45) is 0 Å². The van der Waals surface area contributed by atoms with E-state index >= 15 is 0 Å². The standard InChI is InChI=1S/C19H25N3O3S/c1-2-3-10-22-18(24)15-8-4-5-9-16(15)21-19(22)26-13-17(23)20-12-14-7-6-11-25-14/h4-5,8-9,14H,2-3,6-7,10-13H2,1H3,(H,20,23)/t14-/m0/s1. The molecule has 1 aromatic heterocycles. The summed E-state index contributed by atoms with van der Waals surface area (Å²) in [6.07, 6.45) is 4.07. The topological polar surface area (TPSA) is 73.2 Å². The Morgan fingerprint density at radius 1 is 1.42 bits per heavy atom. The van der Waals surface area contributed by atoms with Crippen LogP contribution in [-0.4, -0.2) is 40.5 Å². The maximum Gasteiger partial charge on any atom is 0.262 e. The Labute approximate surface area is 157 Å². The van der Waals surface area contributed by atoms with Gasteiger partial charge in [0, 0.05) is 19.7 Å². The van der Waals surface area contributed by atoms with Gasteiger partial charge in [0.25, 0.3) is 5.56 Å². The van der Waals surface area contributed by atoms with Crippen molar-refractivity contribution in [3.8, 4) is 0 Å². The van der Waals surface area contributed by atoms with Crippen LogP contribution in [-0.2, 0) is 16.1 Å². The molecule has 1 atom stereocenters. The minimum absolute atomic E-state index is 0.0358. The number of aromatic nitrogens is 2. The van der Waals surface area contributed by atoms with Gasteiger partial charge in [0.15, 0.2) is 5.16 Å². The molecule has 1 fully saturated rings. The minimum Gasteiger partial charge on any atom is -0.376 e. The van der Waals surface area contributed by atoms with Gasteiger partial charge >= 0.3 is 0 Å². The fourth-order valence-corrected chi connectivity index (χ4v) is 3.84. The Morgan fingerprint density at radius 2 is 2.27 bits per heavy atom. The monoisotopic (exact) mass is 375 g/mol. The Kier molecular flexibility index (Phi) is 6.68. The molecule has 0 aliphatic carbocycles. The third-order valence-corrected chi connectivity index (χ3v) is 5.42. The quantitative estimate of drug-likeness (QED) is 0.567. The Hall–Kier alpha value is -1.86. The SMILES string of the molecule is CCCCn1c(SCC(=O)NC[C@@H]2CCCO2)nc2ccccc2c1=O. The molecule has 1 saturated heterocycles. The number of nitrogens with one attached hydrogen (secondary N) is 1. The van der Waals surface area contributed by atoms with E-state index in [9.17, 15) is 9.59 Å². The molecule has 0 unspecified atom stereocenters. The van der Waals surface area contributed by atoms with Gasteiger partial charge in [0.05, 0.1) is 22.8 Å². The van der Waals surface area contributed by atoms with Gasteiger partial charge in [-0.05, 0) is 31.4 Å². The zero-order valence-electron chi connectivity index (χ0n) is 15.1. The highest BCUT2D eigenvalue weighted by Gasteiger charge is 2.17. The molecule has 7 heteroatoms. The number of carbonyl (C=O) groups excluding carboxylic acids is 1. The molecular weight excluding hydrogens is 350 g/mol. The normalized spacial score (nSPS) is 16.9. The predicted molar refractivity (Wildman–Crippen MR) is 104 cm³/mol. The van der Waals surface area contributed by atoms with Crippen molar-refractivity contribution in [1.82, 2.24) is 14.9 Å². The summed E-state index contributed by atoms with van der Waals surface area (Å²) in [5.74, 6) is 0.179. The molecule has 1 aromatic carbocycles. The molecule has 1 amide bonds. The van der Waals surface area contributed by atoms with Gasteiger partial charge in [0.1, 0.15) is 0 Å². The lowest BCUT2D eigenvalue weighted by atomic mass is 10.2. The highest BCUT2D eigenvalue weighted by Crippen LogP contribution is 2.18. The number of ether oxygens (including phenoxy) is 1. The average Bonchev–Trinajstić information content (AvgIpc) is 3.18. The molecule has 0 spiro atoms. The van der Waals surface area contributed by atoms with Crippen LogP contribution in [0, 0.1) is 0 Å². The third kappa shape index (κ3) is 4.65. The second-order valence-corrected chi connectivity index (χ2v) is 7.39. The van der Waals surface area contributed by atoms with E-state index < -0.39 is 0 Å². The first-order chi connectivity index (χ1) is 12.7. The van der Waals surface area contributed by atoms with Crippen LogP contribution in [0.3, 0.4) is 0 Å². The van der Waals surface area contributed by atoms with Crippen LogP contribution in [0.4, 0.5) is 0 Å². The number of nitrogens with zero attached hydrogens (tertiary/aromatic N) is 2. The van der Waals surface area contributed by atoms with Crippen LogP contribution in [0.25, 0.3) is 10.9 Å². The van der Waals surface area contributed by atoms with Gasteiger partial charge in [-0.2, -0.15) is 0 Å². The Balaban J connectivity index is 1.70. The van der Waals surface area contributed by atoms with Crippen molar-refractivity contribution in [2.75, 3.05) is 18.9 Å². The summed E-state index contributed by atoms with van der Waals surface area (Å²) in [5, 5.41) is 4.14. The lowest BCUT2D eigenvalue weighted by molar-refractivity contribution is -0.119. The highest BCUT2D eigenvalue weighted by atomic mass is 32.2. The van der Waals surface area contributed by atoms with Crippen LogP contribution in [0.2, 0.25) is 0 Å². The second kappa shape index (κ2) is 9.19. The van der Waals surface area contributed by atoms with E-state index in [-0.39, 0.29) is 23.3 Å². The number of carbonyl (C=O) groups is 1. The van der Waals surface area contributed by atoms with Crippen molar-refractivity contribution in [1.29, 1.82) is 0 Å². The number of para-hydroxylation sites is 1. The largest absolute Gasteiger partial charge is 0.376 e. The number of fused-ring (bicyclic) bond motifs is 1. The van der Waals surface area contributed by atoms with Crippen LogP contribution in [0.5, 0.6) is 0 Å². The summed E-state index contributed by atoms with van der Waals surface area (Å²) in [5.41, 5.74) is 0.638. The zero-order valence-corrected chi connectivity index (χ0v) is 15.9. The van der Waals surface area contributed by atoms with Gasteiger partial charge in [-0.3, -0.25) is 14.2 Å². The summed E-state index contributed by atoms with van der Waals surface area (Å²) in [4.78, 5) is 29.6. The Bertz CT molecular complexity index is 815. The van der Waals surface area contributed by atoms with E-state index in [0.717, 1.165) is 32.3 Å². The smallest absolute Gasteiger partial charge is 0.262 e. The van der Waals surface area contributed by atoms with Gasteiger partial charge in [-0.15, -0.1) is 0 Å². The molecule has 1 aliphatic rings. The van der Waals surface area contributed by atoms with Gasteiger partial charge < -0.3 is 10.1 Å². The maximum atomic E-state index is 12.8. The molecule has 3 rings (SSSR count). The van der Waals surface area contributed by atoms with Crippen molar-refractivity contribution >= 4 is 28.6 Å². The van der Waals surface area contributed by atoms with Crippen molar-refractivity contribution < 1.29 is 9.53 Å². The first-order valence-corrected chi connectivity index (χ1v) is 10.2. The lowest BCUT2D eigenvalue weighted by Crippen LogP contribution is -2.33. The van der Waals surface area contributed by atoms with Crippen LogP contribution in [0.1, 0.15) is 32.6 Å². The first kappa shape index (κ1) is 18.9. The van der Waals surface area contributed by atoms with E-state index in [1.165, 1.54) is 11.8 Å². The van der Waals surface area contributed by atoms with E-state index in [4.69, 9.17) is 4.74 Å². The molecular formula is C19H25N3O3S. The summed E-state index contributed by atoms with van der Waals surface area (Å²) in [7, 11) is 0. The van der Waals surface area contributed by atoms with E-state index in [0.29, 0.717) is 29.1 Å². The third-order valence-electron chi connectivity index (χ3n) is 4.45. The van der Waals surface area contributed by atoms with Crippen LogP contribution < -0.4 is 10.9 Å². The number of hydrogen-bond acceptors (Lipinski definition) is 5. The summed E-state index contributed by atoms with van der Waals surface area (Å²) in [6, 6.07) is 7.35. The van der Waals surface area contributed by atoms with Crippen LogP contribution >= 0.6 is 11.8 Å². The van der Waals surface area contributed by atoms with Gasteiger partial charge in [-0.1, -0.05) is 37.2 Å². The number of hydrogen-bond donors (Lipinski definition) is 1. The number of benzene rings is 1. The van der Waals surface area contributed by atoms with E-state index in [2.05, 4.69) is 17.2 Å². The van der Waals surface area contributed by atoms with E-state index in [1.807, 2.05) is 18.2 Å². The molecule has 1 N–H and O–H groups in total. The summed E-state index contributed by atoms with van der Waals surface area (Å²) in [6.45, 7) is 4.03. The molecule has 140 valence electrons. The second-order valence-electron chi connectivity index (χ2n) is 6.45. The summed E-state index contributed by atoms with van der Waals surface area (Å²) >= 11 is 1.32. The lowest BCUT2D eigenvalue weighted by Gasteiger charge is -2.13. The zero-order chi connectivity index (χ0) is 18.4. The van der Waals surface area contributed by atoms with Gasteiger partial charge in [0.2, 0.25) is 5.91 Å². The van der Waals surface area contributed by atoms with Crippen molar-refractivity contribution in [2.45, 2.75) is 50.4 Å². The number of thioether (sulfide) groups is 1. The molecule has 0 saturated carbocycles. The molecule has 0 radical (unpaired) electrons. The molecule has 0 bridgehead atoms. The number of rotatable bonds is 8. The number of unbranched alkanes of at least 4 members (excludes halogenated alkanes) is 1. The predicted octanol–water partition coefficient (Wildman–Crippen LogP) is 2.58. The summed E-state index contributed by atoms with van der Waals surface area (Å²) < 4.78 is 7.21. The fourth-order valence-electron chi connectivity index (χ4n) is 2.99. The fraction of sp³-hybridized carbons (Fsp3) is 0.526. The average molecular weight is 375 g/mol. The maximum absolute atomic E-state index is 12.8. The molecule has 2 aromatic rings. The molecule has 26 heavy (non-hydrogen) atoms. The van der Waals surface area contributed by atoms with Crippen molar-refractivity contribution in [3.63, 3.8) is 0 Å². The molecule has 2 heterocycles. The Morgan fingerprint density at radius 3 is 3.04 bits per heavy atom. The minimum atomic E-state index is -0.0602. The van der Waals surface area contributed by atoms with E-state index in [1.54, 1.807) is 10.6 Å².